The van der Waals surface area contributed by atoms with E-state index in [2.05, 4.69) is 29.6 Å². The molecule has 0 aromatic heterocycles. The molecule has 2 N–H and O–H groups in total. The van der Waals surface area contributed by atoms with E-state index >= 15 is 0 Å². The Hall–Kier alpha value is -3.39. The van der Waals surface area contributed by atoms with Gasteiger partial charge in [0.05, 0.1) is 13.0 Å². The van der Waals surface area contributed by atoms with Gasteiger partial charge in [0.25, 0.3) is 0 Å². The maximum absolute atomic E-state index is 12.3. The van der Waals surface area contributed by atoms with E-state index in [4.69, 9.17) is 14.6 Å². The van der Waals surface area contributed by atoms with E-state index in [1.165, 1.54) is 11.1 Å². The number of nitrogens with one attached hydrogen (secondary N) is 1. The quantitative estimate of drug-likeness (QED) is 0.550. The van der Waals surface area contributed by atoms with Crippen LogP contribution in [0, 0.1) is 11.8 Å². The van der Waals surface area contributed by atoms with Crippen molar-refractivity contribution >= 4 is 18.0 Å². The third kappa shape index (κ3) is 5.39. The van der Waals surface area contributed by atoms with E-state index in [1.54, 1.807) is 4.90 Å². The molecule has 2 aromatic carbocycles. The Kier molecular flexibility index (Phi) is 7.47. The molecule has 0 spiro atoms. The smallest absolute Gasteiger partial charge is 0.407 e. The maximum Gasteiger partial charge on any atom is 0.407 e. The van der Waals surface area contributed by atoms with Gasteiger partial charge in [-0.3, -0.25) is 9.59 Å². The number of fused-ring (bicyclic) bond motifs is 3. The van der Waals surface area contributed by atoms with Crippen LogP contribution in [0.5, 0.6) is 0 Å². The third-order valence-corrected chi connectivity index (χ3v) is 6.64. The van der Waals surface area contributed by atoms with Crippen molar-refractivity contribution < 1.29 is 29.0 Å². The van der Waals surface area contributed by atoms with Crippen molar-refractivity contribution in [3.63, 3.8) is 0 Å². The fraction of sp³-hybridized carbons (Fsp3) is 0.423. The second kappa shape index (κ2) is 10.7. The first-order valence-electron chi connectivity index (χ1n) is 11.6. The Labute approximate surface area is 198 Å². The molecule has 0 unspecified atom stereocenters. The molecule has 0 radical (unpaired) electrons. The van der Waals surface area contributed by atoms with E-state index in [1.807, 2.05) is 31.2 Å². The normalized spacial score (nSPS) is 18.9. The summed E-state index contributed by atoms with van der Waals surface area (Å²) in [7, 11) is 0. The second-order valence-corrected chi connectivity index (χ2v) is 8.94. The first-order valence-corrected chi connectivity index (χ1v) is 11.6. The van der Waals surface area contributed by atoms with Crippen molar-refractivity contribution in [2.75, 3.05) is 39.5 Å². The second-order valence-electron chi connectivity index (χ2n) is 8.94. The number of likely N-dealkylation sites (tertiary alicyclic amines) is 1. The lowest BCUT2D eigenvalue weighted by molar-refractivity contribution is -0.139. The molecule has 2 amide bonds. The molecule has 8 nitrogen and oxygen atoms in total. The van der Waals surface area contributed by atoms with Crippen molar-refractivity contribution in [1.29, 1.82) is 0 Å². The summed E-state index contributed by atoms with van der Waals surface area (Å²) in [5.74, 6) is -0.894. The van der Waals surface area contributed by atoms with Crippen LogP contribution in [0.4, 0.5) is 4.79 Å². The standard InChI is InChI=1S/C26H30N2O6/c1-17-13-28(14-18(17)12-25(30)31)24(29)16-33-11-10-27-26(32)34-15-23-21-8-4-2-6-19(21)20-7-3-5-9-22(20)23/h2-9,17-18,23H,10-16H2,1H3,(H,27,32)(H,30,31)/t17-,18-/m1/s1. The number of alkyl carbamates (subject to hydrolysis) is 1. The van der Waals surface area contributed by atoms with Gasteiger partial charge in [-0.25, -0.2) is 4.79 Å². The van der Waals surface area contributed by atoms with Crippen molar-refractivity contribution in [2.24, 2.45) is 11.8 Å². The molecule has 1 aliphatic heterocycles. The van der Waals surface area contributed by atoms with E-state index in [0.29, 0.717) is 13.1 Å². The number of ether oxygens (including phenoxy) is 2. The summed E-state index contributed by atoms with van der Waals surface area (Å²) >= 11 is 0. The first-order chi connectivity index (χ1) is 16.4. The highest BCUT2D eigenvalue weighted by Gasteiger charge is 2.33. The number of hydrogen-bond acceptors (Lipinski definition) is 5. The minimum atomic E-state index is -0.846. The molecular formula is C26H30N2O6. The highest BCUT2D eigenvalue weighted by Crippen LogP contribution is 2.44. The number of amides is 2. The van der Waals surface area contributed by atoms with Gasteiger partial charge in [-0.1, -0.05) is 55.5 Å². The molecule has 2 aliphatic rings. The summed E-state index contributed by atoms with van der Waals surface area (Å²) in [6.45, 7) is 3.48. The number of nitrogens with zero attached hydrogens (tertiary/aromatic N) is 1. The predicted molar refractivity (Wildman–Crippen MR) is 125 cm³/mol. The van der Waals surface area contributed by atoms with Crippen LogP contribution in [0.15, 0.2) is 48.5 Å². The highest BCUT2D eigenvalue weighted by atomic mass is 16.5. The Balaban J connectivity index is 1.16. The van der Waals surface area contributed by atoms with Crippen LogP contribution >= 0.6 is 0 Å². The minimum absolute atomic E-state index is 0.000160. The molecule has 0 bridgehead atoms. The largest absolute Gasteiger partial charge is 0.481 e. The summed E-state index contributed by atoms with van der Waals surface area (Å²) in [5, 5.41) is 11.6. The minimum Gasteiger partial charge on any atom is -0.481 e. The number of carboxylic acids is 1. The Bertz CT molecular complexity index is 1010. The molecule has 2 aromatic rings. The van der Waals surface area contributed by atoms with Crippen molar-refractivity contribution in [3.8, 4) is 11.1 Å². The van der Waals surface area contributed by atoms with Crippen LogP contribution in [-0.4, -0.2) is 67.4 Å². The van der Waals surface area contributed by atoms with Gasteiger partial charge in [0, 0.05) is 25.6 Å². The van der Waals surface area contributed by atoms with Crippen molar-refractivity contribution in [3.05, 3.63) is 59.7 Å². The molecule has 34 heavy (non-hydrogen) atoms. The highest BCUT2D eigenvalue weighted by molar-refractivity contribution is 5.79. The average molecular weight is 467 g/mol. The van der Waals surface area contributed by atoms with Crippen LogP contribution < -0.4 is 5.32 Å². The summed E-state index contributed by atoms with van der Waals surface area (Å²) in [6, 6.07) is 16.3. The molecule has 1 saturated heterocycles. The predicted octanol–water partition coefficient (Wildman–Crippen LogP) is 3.11. The lowest BCUT2D eigenvalue weighted by atomic mass is 9.95. The molecule has 4 rings (SSSR count). The summed E-state index contributed by atoms with van der Waals surface area (Å²) in [4.78, 5) is 37.1. The molecule has 2 atom stereocenters. The van der Waals surface area contributed by atoms with Gasteiger partial charge in [-0.15, -0.1) is 0 Å². The molecule has 8 heteroatoms. The van der Waals surface area contributed by atoms with Gasteiger partial charge in [0.2, 0.25) is 5.91 Å². The van der Waals surface area contributed by atoms with Crippen molar-refractivity contribution in [1.82, 2.24) is 10.2 Å². The summed E-state index contributed by atoms with van der Waals surface area (Å²) < 4.78 is 10.9. The molecule has 180 valence electrons. The van der Waals surface area contributed by atoms with E-state index in [9.17, 15) is 14.4 Å². The van der Waals surface area contributed by atoms with Crippen molar-refractivity contribution in [2.45, 2.75) is 19.3 Å². The zero-order chi connectivity index (χ0) is 24.1. The number of benzene rings is 2. The summed E-state index contributed by atoms with van der Waals surface area (Å²) in [6.07, 6.45) is -0.461. The van der Waals surface area contributed by atoms with Crippen LogP contribution in [0.2, 0.25) is 0 Å². The van der Waals surface area contributed by atoms with E-state index in [-0.39, 0.29) is 56.4 Å². The summed E-state index contributed by atoms with van der Waals surface area (Å²) in [5.41, 5.74) is 4.65. The molecule has 1 aliphatic carbocycles. The van der Waals surface area contributed by atoms with Crippen LogP contribution in [-0.2, 0) is 19.1 Å². The Morgan fingerprint density at radius 2 is 1.68 bits per heavy atom. The van der Waals surface area contributed by atoms with E-state index < -0.39 is 12.1 Å². The van der Waals surface area contributed by atoms with Gasteiger partial charge in [0.1, 0.15) is 13.2 Å². The fourth-order valence-corrected chi connectivity index (χ4v) is 4.85. The number of hydrogen-bond donors (Lipinski definition) is 2. The van der Waals surface area contributed by atoms with Gasteiger partial charge in [-0.05, 0) is 34.1 Å². The zero-order valence-electron chi connectivity index (χ0n) is 19.2. The Morgan fingerprint density at radius 3 is 2.32 bits per heavy atom. The topological polar surface area (TPSA) is 105 Å². The number of carbonyl (C=O) groups excluding carboxylic acids is 2. The SMILES string of the molecule is C[C@@H]1CN(C(=O)COCCNC(=O)OCC2c3ccccc3-c3ccccc32)C[C@H]1CC(=O)O. The van der Waals surface area contributed by atoms with Crippen LogP contribution in [0.25, 0.3) is 11.1 Å². The van der Waals surface area contributed by atoms with Crippen LogP contribution in [0.1, 0.15) is 30.4 Å². The lowest BCUT2D eigenvalue weighted by Crippen LogP contribution is -2.34. The maximum atomic E-state index is 12.3. The number of carboxylic acid groups (broad SMARTS) is 1. The lowest BCUT2D eigenvalue weighted by Gasteiger charge is -2.16. The van der Waals surface area contributed by atoms with E-state index in [0.717, 1.165) is 11.1 Å². The van der Waals surface area contributed by atoms with Gasteiger partial charge >= 0.3 is 12.1 Å². The third-order valence-electron chi connectivity index (χ3n) is 6.64. The molecule has 1 heterocycles. The Morgan fingerprint density at radius 1 is 1.03 bits per heavy atom. The zero-order valence-corrected chi connectivity index (χ0v) is 19.2. The number of rotatable bonds is 9. The molecular weight excluding hydrogens is 436 g/mol. The van der Waals surface area contributed by atoms with Crippen LogP contribution in [0.3, 0.4) is 0 Å². The first kappa shape index (κ1) is 23.8. The molecule has 0 saturated carbocycles. The van der Waals surface area contributed by atoms with Gasteiger partial charge < -0.3 is 24.8 Å². The molecule has 1 fully saturated rings. The number of carbonyl (C=O) groups is 3. The monoisotopic (exact) mass is 466 g/mol. The van der Waals surface area contributed by atoms with Gasteiger partial charge in [-0.2, -0.15) is 0 Å². The fourth-order valence-electron chi connectivity index (χ4n) is 4.85. The van der Waals surface area contributed by atoms with Gasteiger partial charge in [0.15, 0.2) is 0 Å². The number of aliphatic carboxylic acids is 1. The average Bonchev–Trinajstić information content (AvgIpc) is 3.34.